The van der Waals surface area contributed by atoms with Crippen molar-refractivity contribution in [1.29, 1.82) is 0 Å². The number of anilines is 1. The van der Waals surface area contributed by atoms with E-state index < -0.39 is 0 Å². The summed E-state index contributed by atoms with van der Waals surface area (Å²) in [5.41, 5.74) is 3.13. The molecule has 0 aliphatic carbocycles. The lowest BCUT2D eigenvalue weighted by atomic mass is 10.2. The number of thioether (sulfide) groups is 2. The maximum atomic E-state index is 12.5. The number of aromatic nitrogens is 3. The van der Waals surface area contributed by atoms with Gasteiger partial charge in [-0.25, -0.2) is 0 Å². The molecule has 1 amide bonds. The summed E-state index contributed by atoms with van der Waals surface area (Å²) in [6.45, 7) is 0. The molecule has 2 aromatic carbocycles. The van der Waals surface area contributed by atoms with Crippen LogP contribution >= 0.6 is 23.5 Å². The molecule has 2 heterocycles. The van der Waals surface area contributed by atoms with Crippen molar-refractivity contribution in [1.82, 2.24) is 15.0 Å². The lowest BCUT2D eigenvalue weighted by molar-refractivity contribution is 0.102. The summed E-state index contributed by atoms with van der Waals surface area (Å²) in [6, 6.07) is 17.5. The molecule has 1 aliphatic rings. The molecule has 7 heteroatoms. The first-order valence-electron chi connectivity index (χ1n) is 7.92. The molecule has 1 fully saturated rings. The van der Waals surface area contributed by atoms with E-state index in [1.165, 1.54) is 28.1 Å². The number of benzene rings is 2. The number of amides is 1. The number of carbonyl (C=O) groups excluding carboxylic acids is 1. The van der Waals surface area contributed by atoms with E-state index in [0.717, 1.165) is 11.4 Å². The highest BCUT2D eigenvalue weighted by Gasteiger charge is 2.19. The normalized spacial score (nSPS) is 14.6. The fourth-order valence-electron chi connectivity index (χ4n) is 2.56. The SMILES string of the molecule is O=C(Nc1cccc(C2SCCS2)c1)c1cnn(-c2ccccc2)n1. The van der Waals surface area contributed by atoms with Crippen LogP contribution in [0.3, 0.4) is 0 Å². The number of nitrogens with zero attached hydrogens (tertiary/aromatic N) is 3. The highest BCUT2D eigenvalue weighted by molar-refractivity contribution is 8.19. The molecule has 5 nitrogen and oxygen atoms in total. The van der Waals surface area contributed by atoms with E-state index in [1.807, 2.05) is 72.1 Å². The van der Waals surface area contributed by atoms with Crippen LogP contribution in [0.1, 0.15) is 20.6 Å². The summed E-state index contributed by atoms with van der Waals surface area (Å²) in [5.74, 6) is 2.09. The van der Waals surface area contributed by atoms with Crippen LogP contribution in [-0.4, -0.2) is 32.4 Å². The van der Waals surface area contributed by atoms with Crippen LogP contribution in [0, 0.1) is 0 Å². The van der Waals surface area contributed by atoms with Crippen molar-refractivity contribution in [3.63, 3.8) is 0 Å². The Kier molecular flexibility index (Phi) is 4.76. The van der Waals surface area contributed by atoms with Crippen molar-refractivity contribution in [3.05, 3.63) is 72.1 Å². The van der Waals surface area contributed by atoms with Crippen LogP contribution in [-0.2, 0) is 0 Å². The summed E-state index contributed by atoms with van der Waals surface area (Å²) in [7, 11) is 0. The Hall–Kier alpha value is -2.25. The Bertz CT molecular complexity index is 876. The minimum Gasteiger partial charge on any atom is -0.321 e. The van der Waals surface area contributed by atoms with Crippen molar-refractivity contribution < 1.29 is 4.79 Å². The lowest BCUT2D eigenvalue weighted by Gasteiger charge is -2.10. The second-order valence-electron chi connectivity index (χ2n) is 5.51. The third-order valence-electron chi connectivity index (χ3n) is 3.75. The highest BCUT2D eigenvalue weighted by atomic mass is 32.2. The van der Waals surface area contributed by atoms with Crippen LogP contribution in [0.2, 0.25) is 0 Å². The largest absolute Gasteiger partial charge is 0.321 e. The van der Waals surface area contributed by atoms with E-state index in [4.69, 9.17) is 0 Å². The van der Waals surface area contributed by atoms with Gasteiger partial charge in [-0.3, -0.25) is 4.79 Å². The molecular formula is C18H16N4OS2. The number of nitrogens with one attached hydrogen (secondary N) is 1. The quantitative estimate of drug-likeness (QED) is 0.754. The average Bonchev–Trinajstić information content (AvgIpc) is 3.35. The van der Waals surface area contributed by atoms with Crippen molar-refractivity contribution in [2.45, 2.75) is 4.58 Å². The van der Waals surface area contributed by atoms with Gasteiger partial charge in [-0.2, -0.15) is 9.90 Å². The number of rotatable bonds is 4. The first-order chi connectivity index (χ1) is 12.3. The van der Waals surface area contributed by atoms with Crippen molar-refractivity contribution in [2.24, 2.45) is 0 Å². The van der Waals surface area contributed by atoms with Crippen LogP contribution in [0.15, 0.2) is 60.8 Å². The smallest absolute Gasteiger partial charge is 0.277 e. The van der Waals surface area contributed by atoms with Gasteiger partial charge >= 0.3 is 0 Å². The highest BCUT2D eigenvalue weighted by Crippen LogP contribution is 2.45. The fraction of sp³-hybridized carbons (Fsp3) is 0.167. The van der Waals surface area contributed by atoms with Crippen LogP contribution in [0.25, 0.3) is 5.69 Å². The van der Waals surface area contributed by atoms with E-state index >= 15 is 0 Å². The van der Waals surface area contributed by atoms with Crippen molar-refractivity contribution in [2.75, 3.05) is 16.8 Å². The number of para-hydroxylation sites is 1. The Balaban J connectivity index is 1.49. The Morgan fingerprint density at radius 2 is 1.88 bits per heavy atom. The first-order valence-corrected chi connectivity index (χ1v) is 10.0. The van der Waals surface area contributed by atoms with Crippen LogP contribution < -0.4 is 5.32 Å². The first kappa shape index (κ1) is 16.2. The number of carbonyl (C=O) groups is 1. The zero-order chi connectivity index (χ0) is 17.1. The van der Waals surface area contributed by atoms with Gasteiger partial charge in [0.1, 0.15) is 0 Å². The Morgan fingerprint density at radius 3 is 2.68 bits per heavy atom. The van der Waals surface area contributed by atoms with Gasteiger partial charge in [0.15, 0.2) is 5.69 Å². The minimum absolute atomic E-state index is 0.258. The van der Waals surface area contributed by atoms with Crippen LogP contribution in [0.5, 0.6) is 0 Å². The monoisotopic (exact) mass is 368 g/mol. The van der Waals surface area contributed by atoms with Crippen molar-refractivity contribution in [3.8, 4) is 5.69 Å². The molecule has 0 radical (unpaired) electrons. The van der Waals surface area contributed by atoms with Gasteiger partial charge in [-0.15, -0.1) is 28.6 Å². The second kappa shape index (κ2) is 7.33. The Morgan fingerprint density at radius 1 is 1.08 bits per heavy atom. The zero-order valence-electron chi connectivity index (χ0n) is 13.3. The van der Waals surface area contributed by atoms with E-state index in [2.05, 4.69) is 21.6 Å². The van der Waals surface area contributed by atoms with Gasteiger partial charge in [-0.1, -0.05) is 30.3 Å². The lowest BCUT2D eigenvalue weighted by Crippen LogP contribution is -2.13. The molecule has 0 bridgehead atoms. The Labute approximate surface area is 154 Å². The average molecular weight is 368 g/mol. The molecule has 4 rings (SSSR count). The fourth-order valence-corrected chi connectivity index (χ4v) is 5.40. The summed E-state index contributed by atoms with van der Waals surface area (Å²) in [5, 5.41) is 11.3. The number of hydrogen-bond donors (Lipinski definition) is 1. The van der Waals surface area contributed by atoms with Gasteiger partial charge in [-0.05, 0) is 29.8 Å². The van der Waals surface area contributed by atoms with Gasteiger partial charge < -0.3 is 5.32 Å². The summed E-state index contributed by atoms with van der Waals surface area (Å²) in [4.78, 5) is 13.9. The van der Waals surface area contributed by atoms with E-state index in [1.54, 1.807) is 0 Å². The van der Waals surface area contributed by atoms with Gasteiger partial charge in [0.2, 0.25) is 0 Å². The maximum absolute atomic E-state index is 12.5. The molecule has 0 spiro atoms. The zero-order valence-corrected chi connectivity index (χ0v) is 15.0. The molecule has 1 aromatic heterocycles. The molecule has 0 atom stereocenters. The summed E-state index contributed by atoms with van der Waals surface area (Å²) in [6.07, 6.45) is 1.48. The second-order valence-corrected chi connectivity index (χ2v) is 8.23. The molecule has 126 valence electrons. The molecule has 0 saturated carbocycles. The molecule has 1 saturated heterocycles. The van der Waals surface area contributed by atoms with Gasteiger partial charge in [0, 0.05) is 17.2 Å². The predicted molar refractivity (Wildman–Crippen MR) is 103 cm³/mol. The third kappa shape index (κ3) is 3.72. The molecule has 25 heavy (non-hydrogen) atoms. The number of hydrogen-bond acceptors (Lipinski definition) is 5. The maximum Gasteiger partial charge on any atom is 0.277 e. The molecule has 0 unspecified atom stereocenters. The summed E-state index contributed by atoms with van der Waals surface area (Å²) < 4.78 is 0.454. The van der Waals surface area contributed by atoms with Crippen molar-refractivity contribution >= 4 is 35.1 Å². The van der Waals surface area contributed by atoms with E-state index in [0.29, 0.717) is 10.3 Å². The molecule has 1 aliphatic heterocycles. The molecule has 1 N–H and O–H groups in total. The standard InChI is InChI=1S/C18H16N4OS2/c23-17(16-12-19-22(21-16)15-7-2-1-3-8-15)20-14-6-4-5-13(11-14)18-24-9-10-25-18/h1-8,11-12,18H,9-10H2,(H,20,23). The van der Waals surface area contributed by atoms with E-state index in [-0.39, 0.29) is 5.91 Å². The molecule has 3 aromatic rings. The van der Waals surface area contributed by atoms with Gasteiger partial charge in [0.25, 0.3) is 5.91 Å². The summed E-state index contributed by atoms with van der Waals surface area (Å²) >= 11 is 3.89. The van der Waals surface area contributed by atoms with Crippen LogP contribution in [0.4, 0.5) is 5.69 Å². The van der Waals surface area contributed by atoms with E-state index in [9.17, 15) is 4.79 Å². The minimum atomic E-state index is -0.258. The topological polar surface area (TPSA) is 59.8 Å². The molecular weight excluding hydrogens is 352 g/mol. The third-order valence-corrected chi connectivity index (χ3v) is 6.85. The van der Waals surface area contributed by atoms with Gasteiger partial charge in [0.05, 0.1) is 16.5 Å². The predicted octanol–water partition coefficient (Wildman–Crippen LogP) is 4.00.